The number of morpholine rings is 1. The van der Waals surface area contributed by atoms with Crippen LogP contribution in [0.3, 0.4) is 0 Å². The lowest BCUT2D eigenvalue weighted by molar-refractivity contribution is 0.0984. The van der Waals surface area contributed by atoms with Crippen LogP contribution in [-0.2, 0) is 4.74 Å². The molecule has 0 radical (unpaired) electrons. The Balaban J connectivity index is 1.53. The van der Waals surface area contributed by atoms with Crippen molar-refractivity contribution in [2.45, 2.75) is 38.4 Å². The van der Waals surface area contributed by atoms with Crippen LogP contribution in [0, 0.1) is 6.92 Å². The first-order chi connectivity index (χ1) is 17.0. The molecule has 5 rings (SSSR count). The van der Waals surface area contributed by atoms with Crippen molar-refractivity contribution in [3.63, 3.8) is 0 Å². The van der Waals surface area contributed by atoms with Gasteiger partial charge in [0.15, 0.2) is 5.82 Å². The quantitative estimate of drug-likeness (QED) is 0.571. The second kappa shape index (κ2) is 10.0. The predicted octanol–water partition coefficient (Wildman–Crippen LogP) is 2.48. The monoisotopic (exact) mass is 484 g/mol. The molecule has 10 heteroatoms. The standard InChI is InChI=1S/C25H33FN6O3/c1-16-10-18-13-27-32(22(18)11-20(16)19-4-5-30(6-8-33)14-21(19)26)24-12-23(28-25(29-24)34-3)31-7-9-35-15-17(31)2/h10-13,17,19,21,33H,4-9,14-15H2,1-3H3/t17-,19-,21-/m1/s1. The molecule has 0 spiro atoms. The van der Waals surface area contributed by atoms with Gasteiger partial charge < -0.3 is 19.5 Å². The van der Waals surface area contributed by atoms with Gasteiger partial charge in [0, 0.05) is 37.0 Å². The summed E-state index contributed by atoms with van der Waals surface area (Å²) in [5.41, 5.74) is 2.93. The minimum Gasteiger partial charge on any atom is -0.467 e. The van der Waals surface area contributed by atoms with E-state index in [2.05, 4.69) is 39.0 Å². The van der Waals surface area contributed by atoms with Crippen LogP contribution in [-0.4, -0.2) is 95.1 Å². The number of aliphatic hydroxyl groups excluding tert-OH is 1. The second-order valence-corrected chi connectivity index (χ2v) is 9.45. The fourth-order valence-electron chi connectivity index (χ4n) is 5.26. The summed E-state index contributed by atoms with van der Waals surface area (Å²) >= 11 is 0. The lowest BCUT2D eigenvalue weighted by atomic mass is 9.85. The molecule has 0 amide bonds. The molecule has 1 aromatic carbocycles. The molecule has 35 heavy (non-hydrogen) atoms. The van der Waals surface area contributed by atoms with Gasteiger partial charge in [-0.25, -0.2) is 9.07 Å². The summed E-state index contributed by atoms with van der Waals surface area (Å²) in [4.78, 5) is 13.3. The zero-order valence-corrected chi connectivity index (χ0v) is 20.5. The molecule has 3 aromatic rings. The molecule has 2 fully saturated rings. The molecule has 4 heterocycles. The van der Waals surface area contributed by atoms with Crippen LogP contribution in [0.15, 0.2) is 24.4 Å². The Morgan fingerprint density at radius 1 is 1.20 bits per heavy atom. The lowest BCUT2D eigenvalue weighted by Gasteiger charge is -2.35. The molecule has 2 aliphatic rings. The molecule has 9 nitrogen and oxygen atoms in total. The van der Waals surface area contributed by atoms with Gasteiger partial charge >= 0.3 is 6.01 Å². The molecule has 3 atom stereocenters. The number of fused-ring (bicyclic) bond motifs is 1. The molecule has 188 valence electrons. The summed E-state index contributed by atoms with van der Waals surface area (Å²) in [5, 5.41) is 14.8. The molecule has 2 saturated heterocycles. The van der Waals surface area contributed by atoms with E-state index in [1.165, 1.54) is 0 Å². The number of benzene rings is 1. The topological polar surface area (TPSA) is 88.8 Å². The Hall–Kier alpha value is -2.82. The Morgan fingerprint density at radius 2 is 2.03 bits per heavy atom. The smallest absolute Gasteiger partial charge is 0.320 e. The Kier molecular flexibility index (Phi) is 6.86. The van der Waals surface area contributed by atoms with Crippen molar-refractivity contribution < 1.29 is 19.0 Å². The van der Waals surface area contributed by atoms with E-state index in [1.54, 1.807) is 11.8 Å². The fourth-order valence-corrected chi connectivity index (χ4v) is 5.26. The highest BCUT2D eigenvalue weighted by Crippen LogP contribution is 2.35. The number of rotatable bonds is 6. The Morgan fingerprint density at radius 3 is 2.77 bits per heavy atom. The first kappa shape index (κ1) is 23.9. The van der Waals surface area contributed by atoms with E-state index in [0.717, 1.165) is 40.9 Å². The molecular weight excluding hydrogens is 451 g/mol. The first-order valence-electron chi connectivity index (χ1n) is 12.2. The molecule has 2 aliphatic heterocycles. The van der Waals surface area contributed by atoms with Gasteiger partial charge in [0.05, 0.1) is 44.7 Å². The summed E-state index contributed by atoms with van der Waals surface area (Å²) in [5.74, 6) is 1.17. The number of ether oxygens (including phenoxy) is 2. The van der Waals surface area contributed by atoms with Gasteiger partial charge in [-0.15, -0.1) is 0 Å². The van der Waals surface area contributed by atoms with E-state index in [0.29, 0.717) is 38.5 Å². The number of alkyl halides is 1. The Labute approximate surface area is 204 Å². The van der Waals surface area contributed by atoms with Crippen molar-refractivity contribution in [3.05, 3.63) is 35.5 Å². The number of aryl methyl sites for hydroxylation is 1. The van der Waals surface area contributed by atoms with Gasteiger partial charge in [-0.3, -0.25) is 4.90 Å². The van der Waals surface area contributed by atoms with E-state index < -0.39 is 6.17 Å². The van der Waals surface area contributed by atoms with Crippen LogP contribution in [0.5, 0.6) is 6.01 Å². The molecule has 0 bridgehead atoms. The normalized spacial score (nSPS) is 23.7. The number of methoxy groups -OCH3 is 1. The van der Waals surface area contributed by atoms with Gasteiger partial charge in [-0.1, -0.05) is 0 Å². The number of likely N-dealkylation sites (tertiary alicyclic amines) is 1. The summed E-state index contributed by atoms with van der Waals surface area (Å²) in [7, 11) is 1.55. The largest absolute Gasteiger partial charge is 0.467 e. The maximum Gasteiger partial charge on any atom is 0.320 e. The van der Waals surface area contributed by atoms with E-state index in [-0.39, 0.29) is 24.6 Å². The third-order valence-electron chi connectivity index (χ3n) is 7.14. The zero-order chi connectivity index (χ0) is 24.5. The number of anilines is 1. The van der Waals surface area contributed by atoms with Gasteiger partial charge in [-0.2, -0.15) is 15.1 Å². The highest BCUT2D eigenvalue weighted by atomic mass is 19.1. The molecular formula is C25H33FN6O3. The number of aromatic nitrogens is 4. The van der Waals surface area contributed by atoms with Crippen molar-refractivity contribution in [1.29, 1.82) is 0 Å². The average Bonchev–Trinajstić information content (AvgIpc) is 3.26. The van der Waals surface area contributed by atoms with Crippen molar-refractivity contribution >= 4 is 16.7 Å². The summed E-state index contributed by atoms with van der Waals surface area (Å²) < 4.78 is 28.0. The minimum absolute atomic E-state index is 0.0508. The Bertz CT molecular complexity index is 1190. The number of aliphatic hydroxyl groups is 1. The van der Waals surface area contributed by atoms with E-state index in [4.69, 9.17) is 9.47 Å². The maximum atomic E-state index is 15.2. The van der Waals surface area contributed by atoms with E-state index >= 15 is 4.39 Å². The first-order valence-corrected chi connectivity index (χ1v) is 12.2. The highest BCUT2D eigenvalue weighted by Gasteiger charge is 2.31. The maximum absolute atomic E-state index is 15.2. The molecule has 0 aliphatic carbocycles. The lowest BCUT2D eigenvalue weighted by Crippen LogP contribution is -2.44. The summed E-state index contributed by atoms with van der Waals surface area (Å²) in [6.07, 6.45) is 1.53. The third-order valence-corrected chi connectivity index (χ3v) is 7.14. The van der Waals surface area contributed by atoms with Crippen molar-refractivity contribution in [2.75, 3.05) is 58.0 Å². The van der Waals surface area contributed by atoms with Crippen LogP contribution in [0.4, 0.5) is 10.2 Å². The number of hydrogen-bond donors (Lipinski definition) is 1. The van der Waals surface area contributed by atoms with E-state index in [9.17, 15) is 5.11 Å². The number of halogens is 1. The van der Waals surface area contributed by atoms with Crippen molar-refractivity contribution in [2.24, 2.45) is 0 Å². The van der Waals surface area contributed by atoms with Crippen LogP contribution in [0.2, 0.25) is 0 Å². The molecule has 1 N–H and O–H groups in total. The molecule has 2 aromatic heterocycles. The van der Waals surface area contributed by atoms with Gasteiger partial charge in [0.2, 0.25) is 0 Å². The number of β-amino-alcohol motifs (C(OH)–C–C–N with tert-alkyl or cyclic N) is 1. The third kappa shape index (κ3) is 4.70. The summed E-state index contributed by atoms with van der Waals surface area (Å²) in [6, 6.07) is 6.50. The van der Waals surface area contributed by atoms with Crippen LogP contribution < -0.4 is 9.64 Å². The second-order valence-electron chi connectivity index (χ2n) is 9.45. The number of piperidine rings is 1. The molecule has 0 unspecified atom stereocenters. The van der Waals surface area contributed by atoms with Crippen LogP contribution in [0.25, 0.3) is 16.7 Å². The average molecular weight is 485 g/mol. The van der Waals surface area contributed by atoms with E-state index in [1.807, 2.05) is 24.1 Å². The van der Waals surface area contributed by atoms with Crippen LogP contribution >= 0.6 is 0 Å². The van der Waals surface area contributed by atoms with Crippen molar-refractivity contribution in [1.82, 2.24) is 24.6 Å². The predicted molar refractivity (Wildman–Crippen MR) is 131 cm³/mol. The van der Waals surface area contributed by atoms with Gasteiger partial charge in [-0.05, 0) is 50.1 Å². The highest BCUT2D eigenvalue weighted by molar-refractivity contribution is 5.82. The molecule has 0 saturated carbocycles. The SMILES string of the molecule is COc1nc(N2CCOC[C@H]2C)cc(-n2ncc3cc(C)c([C@H]4CCN(CCO)C[C@H]4F)cc32)n1. The fraction of sp³-hybridized carbons (Fsp3) is 0.560. The zero-order valence-electron chi connectivity index (χ0n) is 20.5. The number of hydrogen-bond acceptors (Lipinski definition) is 8. The van der Waals surface area contributed by atoms with Crippen LogP contribution in [0.1, 0.15) is 30.4 Å². The van der Waals surface area contributed by atoms with Gasteiger partial charge in [0.1, 0.15) is 12.0 Å². The number of nitrogens with zero attached hydrogens (tertiary/aromatic N) is 6. The minimum atomic E-state index is -0.989. The van der Waals surface area contributed by atoms with Gasteiger partial charge in [0.25, 0.3) is 0 Å². The van der Waals surface area contributed by atoms with Crippen molar-refractivity contribution in [3.8, 4) is 11.8 Å². The summed E-state index contributed by atoms with van der Waals surface area (Å²) in [6.45, 7) is 7.81.